The normalized spacial score (nSPS) is 14.5. The van der Waals surface area contributed by atoms with Gasteiger partial charge in [0.25, 0.3) is 5.88 Å². The number of rotatable bonds is 2. The molecule has 5 nitrogen and oxygen atoms in total. The van der Waals surface area contributed by atoms with E-state index < -0.39 is 4.92 Å². The van der Waals surface area contributed by atoms with Gasteiger partial charge in [0.05, 0.1) is 12.0 Å². The van der Waals surface area contributed by atoms with Crippen molar-refractivity contribution in [2.45, 2.75) is 25.7 Å². The molecule has 0 unspecified atom stereocenters. The zero-order valence-electron chi connectivity index (χ0n) is 8.52. The van der Waals surface area contributed by atoms with E-state index in [9.17, 15) is 10.1 Å². The molecule has 0 bridgehead atoms. The number of ether oxygens (including phenoxy) is 1. The van der Waals surface area contributed by atoms with Crippen molar-refractivity contribution in [3.8, 4) is 5.88 Å². The van der Waals surface area contributed by atoms with Crippen LogP contribution in [0.25, 0.3) is 0 Å². The quantitative estimate of drug-likeness (QED) is 0.549. The third kappa shape index (κ3) is 1.77. The highest BCUT2D eigenvalue weighted by molar-refractivity contribution is 5.46. The van der Waals surface area contributed by atoms with Crippen LogP contribution < -0.4 is 4.74 Å². The van der Waals surface area contributed by atoms with E-state index in [0.29, 0.717) is 0 Å². The first kappa shape index (κ1) is 9.89. The standard InChI is InChI=1S/C10H12N2O3/c1-15-10-9(12(13)14)6-7-4-2-3-5-8(7)11-10/h6H,2-5H2,1H3. The molecule has 0 fully saturated rings. The molecule has 1 heterocycles. The first-order valence-corrected chi connectivity index (χ1v) is 4.93. The van der Waals surface area contributed by atoms with Crippen LogP contribution in [0.1, 0.15) is 24.1 Å². The molecule has 1 aromatic heterocycles. The molecule has 0 spiro atoms. The minimum atomic E-state index is -0.444. The maximum absolute atomic E-state index is 10.8. The molecule has 0 aromatic carbocycles. The Kier molecular flexibility index (Phi) is 2.53. The maximum Gasteiger partial charge on any atom is 0.331 e. The van der Waals surface area contributed by atoms with E-state index in [4.69, 9.17) is 4.74 Å². The first-order valence-electron chi connectivity index (χ1n) is 4.93. The summed E-state index contributed by atoms with van der Waals surface area (Å²) in [5, 5.41) is 10.8. The van der Waals surface area contributed by atoms with Crippen LogP contribution in [0.15, 0.2) is 6.07 Å². The van der Waals surface area contributed by atoms with E-state index in [1.54, 1.807) is 6.07 Å². The average Bonchev–Trinajstić information content (AvgIpc) is 2.27. The number of nitro groups is 1. The Morgan fingerprint density at radius 3 is 2.87 bits per heavy atom. The number of fused-ring (bicyclic) bond motifs is 1. The summed E-state index contributed by atoms with van der Waals surface area (Å²) in [5.41, 5.74) is 1.91. The third-order valence-electron chi connectivity index (χ3n) is 2.64. The Labute approximate surface area is 87.2 Å². The van der Waals surface area contributed by atoms with E-state index in [2.05, 4.69) is 4.98 Å². The van der Waals surface area contributed by atoms with E-state index in [1.807, 2.05) is 0 Å². The SMILES string of the molecule is COc1nc2c(cc1[N+](=O)[O-])CCCC2. The van der Waals surface area contributed by atoms with Crippen molar-refractivity contribution in [2.75, 3.05) is 7.11 Å². The van der Waals surface area contributed by atoms with Gasteiger partial charge >= 0.3 is 5.69 Å². The Hall–Kier alpha value is -1.65. The van der Waals surface area contributed by atoms with Crippen molar-refractivity contribution in [3.63, 3.8) is 0 Å². The van der Waals surface area contributed by atoms with E-state index >= 15 is 0 Å². The molecule has 2 rings (SSSR count). The zero-order chi connectivity index (χ0) is 10.8. The van der Waals surface area contributed by atoms with Crippen LogP contribution in [0.2, 0.25) is 0 Å². The lowest BCUT2D eigenvalue weighted by Crippen LogP contribution is -2.08. The van der Waals surface area contributed by atoms with Gasteiger partial charge in [-0.3, -0.25) is 10.1 Å². The highest BCUT2D eigenvalue weighted by atomic mass is 16.6. The van der Waals surface area contributed by atoms with Crippen molar-refractivity contribution in [3.05, 3.63) is 27.4 Å². The summed E-state index contributed by atoms with van der Waals surface area (Å²) >= 11 is 0. The topological polar surface area (TPSA) is 65.3 Å². The molecule has 0 radical (unpaired) electrons. The van der Waals surface area contributed by atoms with E-state index in [1.165, 1.54) is 7.11 Å². The summed E-state index contributed by atoms with van der Waals surface area (Å²) in [6.07, 6.45) is 3.95. The molecule has 0 aliphatic heterocycles. The second-order valence-corrected chi connectivity index (χ2v) is 3.59. The summed E-state index contributed by atoms with van der Waals surface area (Å²) in [6.45, 7) is 0. The minimum Gasteiger partial charge on any atom is -0.476 e. The number of aryl methyl sites for hydroxylation is 2. The monoisotopic (exact) mass is 208 g/mol. The van der Waals surface area contributed by atoms with E-state index in [-0.39, 0.29) is 11.6 Å². The van der Waals surface area contributed by atoms with Gasteiger partial charge in [0.2, 0.25) is 0 Å². The number of nitrogens with zero attached hydrogens (tertiary/aromatic N) is 2. The van der Waals surface area contributed by atoms with Crippen molar-refractivity contribution in [2.24, 2.45) is 0 Å². The molecule has 1 aliphatic carbocycles. The lowest BCUT2D eigenvalue weighted by Gasteiger charge is -2.14. The summed E-state index contributed by atoms with van der Waals surface area (Å²) in [4.78, 5) is 14.5. The smallest absolute Gasteiger partial charge is 0.331 e. The van der Waals surface area contributed by atoms with Crippen LogP contribution in [0, 0.1) is 10.1 Å². The van der Waals surface area contributed by atoms with Crippen molar-refractivity contribution in [1.82, 2.24) is 4.98 Å². The molecular formula is C10H12N2O3. The Morgan fingerprint density at radius 2 is 2.20 bits per heavy atom. The second kappa shape index (κ2) is 3.84. The number of hydrogen-bond acceptors (Lipinski definition) is 4. The van der Waals surface area contributed by atoms with Crippen molar-refractivity contribution in [1.29, 1.82) is 0 Å². The third-order valence-corrected chi connectivity index (χ3v) is 2.64. The van der Waals surface area contributed by atoms with Crippen LogP contribution in [-0.2, 0) is 12.8 Å². The fourth-order valence-electron chi connectivity index (χ4n) is 1.88. The van der Waals surface area contributed by atoms with Crippen molar-refractivity contribution < 1.29 is 9.66 Å². The Bertz CT molecular complexity index is 404. The van der Waals surface area contributed by atoms with Crippen LogP contribution in [0.3, 0.4) is 0 Å². The number of pyridine rings is 1. The van der Waals surface area contributed by atoms with Gasteiger partial charge in [-0.2, -0.15) is 0 Å². The molecule has 0 atom stereocenters. The molecule has 0 N–H and O–H groups in total. The van der Waals surface area contributed by atoms with Crippen LogP contribution in [0.5, 0.6) is 5.88 Å². The molecule has 1 aromatic rings. The van der Waals surface area contributed by atoms with Gasteiger partial charge in [0.15, 0.2) is 0 Å². The molecule has 80 valence electrons. The Morgan fingerprint density at radius 1 is 1.47 bits per heavy atom. The zero-order valence-corrected chi connectivity index (χ0v) is 8.52. The molecule has 0 amide bonds. The molecule has 1 aliphatic rings. The van der Waals surface area contributed by atoms with Crippen molar-refractivity contribution >= 4 is 5.69 Å². The van der Waals surface area contributed by atoms with Gasteiger partial charge in [0.1, 0.15) is 0 Å². The lowest BCUT2D eigenvalue weighted by atomic mass is 9.96. The van der Waals surface area contributed by atoms with Crippen LogP contribution in [-0.4, -0.2) is 17.0 Å². The fraction of sp³-hybridized carbons (Fsp3) is 0.500. The van der Waals surface area contributed by atoms with Gasteiger partial charge in [-0.25, -0.2) is 4.98 Å². The molecule has 0 saturated heterocycles. The summed E-state index contributed by atoms with van der Waals surface area (Å²) in [5.74, 6) is 0.126. The lowest BCUT2D eigenvalue weighted by molar-refractivity contribution is -0.386. The summed E-state index contributed by atoms with van der Waals surface area (Å²) < 4.78 is 4.92. The van der Waals surface area contributed by atoms with Crippen LogP contribution >= 0.6 is 0 Å². The minimum absolute atomic E-state index is 0.0295. The van der Waals surface area contributed by atoms with Gasteiger partial charge < -0.3 is 4.74 Å². The Balaban J connectivity index is 2.51. The maximum atomic E-state index is 10.8. The predicted octanol–water partition coefficient (Wildman–Crippen LogP) is 1.88. The van der Waals surface area contributed by atoms with Gasteiger partial charge in [-0.05, 0) is 31.2 Å². The predicted molar refractivity (Wildman–Crippen MR) is 54.1 cm³/mol. The largest absolute Gasteiger partial charge is 0.476 e. The molecule has 5 heteroatoms. The van der Waals surface area contributed by atoms with Crippen LogP contribution in [0.4, 0.5) is 5.69 Å². The number of hydrogen-bond donors (Lipinski definition) is 0. The fourth-order valence-corrected chi connectivity index (χ4v) is 1.88. The highest BCUT2D eigenvalue weighted by Gasteiger charge is 2.21. The molecule has 0 saturated carbocycles. The van der Waals surface area contributed by atoms with E-state index in [0.717, 1.165) is 36.9 Å². The first-order chi connectivity index (χ1) is 7.22. The van der Waals surface area contributed by atoms with Gasteiger partial charge in [0, 0.05) is 11.8 Å². The summed E-state index contributed by atoms with van der Waals surface area (Å²) in [7, 11) is 1.41. The van der Waals surface area contributed by atoms with Gasteiger partial charge in [-0.15, -0.1) is 0 Å². The van der Waals surface area contributed by atoms with Gasteiger partial charge in [-0.1, -0.05) is 0 Å². The average molecular weight is 208 g/mol. The molecule has 15 heavy (non-hydrogen) atoms. The second-order valence-electron chi connectivity index (χ2n) is 3.59. The molecular weight excluding hydrogens is 196 g/mol. The number of methoxy groups -OCH3 is 1. The summed E-state index contributed by atoms with van der Waals surface area (Å²) in [6, 6.07) is 1.60. The number of aromatic nitrogens is 1. The highest BCUT2D eigenvalue weighted by Crippen LogP contribution is 2.30.